The Labute approximate surface area is 292 Å². The SMILES string of the molecule is c1cncc(-c2cccc(-c3nc(-c4ccc(-c5ccc6c(c5)oc5ccccc56)cc4)cc(-c4ccc5sc6ccccc6c5c4)n3)c2)c1. The molecule has 234 valence electrons. The van der Waals surface area contributed by atoms with Crippen LogP contribution >= 0.6 is 11.3 Å². The number of nitrogens with zero attached hydrogens (tertiary/aromatic N) is 3. The molecule has 4 aromatic heterocycles. The van der Waals surface area contributed by atoms with Crippen LogP contribution in [0.4, 0.5) is 0 Å². The monoisotopic (exact) mass is 657 g/mol. The van der Waals surface area contributed by atoms with Gasteiger partial charge in [-0.05, 0) is 71.3 Å². The van der Waals surface area contributed by atoms with Gasteiger partial charge in [0.05, 0.1) is 11.4 Å². The lowest BCUT2D eigenvalue weighted by molar-refractivity contribution is 0.669. The predicted molar refractivity (Wildman–Crippen MR) is 207 cm³/mol. The summed E-state index contributed by atoms with van der Waals surface area (Å²) in [5, 5.41) is 4.78. The van der Waals surface area contributed by atoms with Crippen LogP contribution in [0.15, 0.2) is 168 Å². The number of hydrogen-bond donors (Lipinski definition) is 0. The van der Waals surface area contributed by atoms with Gasteiger partial charge >= 0.3 is 0 Å². The molecular formula is C45H27N3OS. The van der Waals surface area contributed by atoms with E-state index in [-0.39, 0.29) is 0 Å². The van der Waals surface area contributed by atoms with Crippen molar-refractivity contribution in [3.05, 3.63) is 164 Å². The number of hydrogen-bond acceptors (Lipinski definition) is 5. The number of para-hydroxylation sites is 1. The highest BCUT2D eigenvalue weighted by Crippen LogP contribution is 2.38. The van der Waals surface area contributed by atoms with Crippen molar-refractivity contribution >= 4 is 53.4 Å². The summed E-state index contributed by atoms with van der Waals surface area (Å²) in [6.07, 6.45) is 3.68. The summed E-state index contributed by atoms with van der Waals surface area (Å²) in [5.41, 5.74) is 10.9. The van der Waals surface area contributed by atoms with Gasteiger partial charge in [-0.15, -0.1) is 11.3 Å². The lowest BCUT2D eigenvalue weighted by atomic mass is 10.00. The largest absolute Gasteiger partial charge is 0.456 e. The van der Waals surface area contributed by atoms with Crippen LogP contribution in [0.25, 0.3) is 98.3 Å². The van der Waals surface area contributed by atoms with E-state index in [9.17, 15) is 0 Å². The summed E-state index contributed by atoms with van der Waals surface area (Å²) in [6.45, 7) is 0. The van der Waals surface area contributed by atoms with Gasteiger partial charge in [0.15, 0.2) is 5.82 Å². The topological polar surface area (TPSA) is 51.8 Å². The maximum atomic E-state index is 6.18. The zero-order valence-electron chi connectivity index (χ0n) is 26.7. The van der Waals surface area contributed by atoms with Crippen molar-refractivity contribution < 1.29 is 4.42 Å². The molecule has 0 aliphatic carbocycles. The van der Waals surface area contributed by atoms with E-state index in [0.717, 1.165) is 72.3 Å². The Morgan fingerprint density at radius 3 is 1.96 bits per heavy atom. The standard InChI is InChI=1S/C45H27N3OS/c1-3-12-41-35(10-1)36-20-18-31(25-42(36)49-41)28-14-16-29(17-15-28)39-26-40(32-19-21-44-38(24-32)37-11-2-4-13-43(37)50-44)48-45(47-39)33-8-5-7-30(23-33)34-9-6-22-46-27-34/h1-27H. The fourth-order valence-corrected chi connectivity index (χ4v) is 7.95. The average Bonchev–Trinajstić information content (AvgIpc) is 3.76. The fraction of sp³-hybridized carbons (Fsp3) is 0. The van der Waals surface area contributed by atoms with Crippen molar-refractivity contribution in [2.24, 2.45) is 0 Å². The Morgan fingerprint density at radius 2 is 1.08 bits per heavy atom. The smallest absolute Gasteiger partial charge is 0.160 e. The summed E-state index contributed by atoms with van der Waals surface area (Å²) < 4.78 is 8.74. The summed E-state index contributed by atoms with van der Waals surface area (Å²) in [5.74, 6) is 0.679. The molecule has 0 saturated heterocycles. The third-order valence-electron chi connectivity index (χ3n) is 9.41. The second-order valence-corrected chi connectivity index (χ2v) is 13.6. The van der Waals surface area contributed by atoms with Gasteiger partial charge in [0, 0.05) is 65.6 Å². The van der Waals surface area contributed by atoms with Crippen molar-refractivity contribution in [3.63, 3.8) is 0 Å². The molecule has 4 nitrogen and oxygen atoms in total. The molecule has 10 rings (SSSR count). The van der Waals surface area contributed by atoms with Crippen molar-refractivity contribution in [2.75, 3.05) is 0 Å². The second kappa shape index (κ2) is 11.6. The van der Waals surface area contributed by atoms with Gasteiger partial charge in [0.2, 0.25) is 0 Å². The minimum Gasteiger partial charge on any atom is -0.456 e. The van der Waals surface area contributed by atoms with Crippen LogP contribution in [-0.4, -0.2) is 15.0 Å². The van der Waals surface area contributed by atoms with Crippen LogP contribution in [0.5, 0.6) is 0 Å². The van der Waals surface area contributed by atoms with Crippen LogP contribution in [0, 0.1) is 0 Å². The molecule has 5 heteroatoms. The highest BCUT2D eigenvalue weighted by atomic mass is 32.1. The van der Waals surface area contributed by atoms with E-state index in [2.05, 4.69) is 132 Å². The Balaban J connectivity index is 1.09. The first kappa shape index (κ1) is 28.6. The Hall–Kier alpha value is -6.43. The number of fused-ring (bicyclic) bond motifs is 6. The van der Waals surface area contributed by atoms with E-state index >= 15 is 0 Å². The third-order valence-corrected chi connectivity index (χ3v) is 10.6. The first-order valence-electron chi connectivity index (χ1n) is 16.6. The molecular weight excluding hydrogens is 631 g/mol. The van der Waals surface area contributed by atoms with E-state index in [1.54, 1.807) is 6.20 Å². The van der Waals surface area contributed by atoms with Gasteiger partial charge in [-0.1, -0.05) is 97.1 Å². The Morgan fingerprint density at radius 1 is 0.400 bits per heavy atom. The van der Waals surface area contributed by atoms with Crippen LogP contribution in [-0.2, 0) is 0 Å². The molecule has 0 unspecified atom stereocenters. The van der Waals surface area contributed by atoms with E-state index in [0.29, 0.717) is 5.82 Å². The van der Waals surface area contributed by atoms with Gasteiger partial charge in [0.1, 0.15) is 11.2 Å². The first-order chi connectivity index (χ1) is 24.7. The van der Waals surface area contributed by atoms with E-state index in [4.69, 9.17) is 14.4 Å². The number of rotatable bonds is 5. The minimum atomic E-state index is 0.679. The summed E-state index contributed by atoms with van der Waals surface area (Å²) in [6, 6.07) is 53.0. The molecule has 0 aliphatic rings. The molecule has 4 heterocycles. The van der Waals surface area contributed by atoms with Gasteiger partial charge in [-0.3, -0.25) is 4.98 Å². The lowest BCUT2D eigenvalue weighted by Gasteiger charge is -2.11. The Kier molecular flexibility index (Phi) is 6.64. The van der Waals surface area contributed by atoms with Crippen molar-refractivity contribution in [2.45, 2.75) is 0 Å². The van der Waals surface area contributed by atoms with E-state index in [1.165, 1.54) is 20.2 Å². The van der Waals surface area contributed by atoms with Gasteiger partial charge in [-0.25, -0.2) is 9.97 Å². The maximum Gasteiger partial charge on any atom is 0.160 e. The molecule has 0 N–H and O–H groups in total. The van der Waals surface area contributed by atoms with Crippen LogP contribution in [0.2, 0.25) is 0 Å². The number of aromatic nitrogens is 3. The lowest BCUT2D eigenvalue weighted by Crippen LogP contribution is -1.96. The third kappa shape index (κ3) is 4.95. The fourth-order valence-electron chi connectivity index (χ4n) is 6.87. The molecule has 6 aromatic carbocycles. The van der Waals surface area contributed by atoms with Crippen LogP contribution in [0.3, 0.4) is 0 Å². The highest BCUT2D eigenvalue weighted by molar-refractivity contribution is 7.25. The molecule has 50 heavy (non-hydrogen) atoms. The minimum absolute atomic E-state index is 0.679. The second-order valence-electron chi connectivity index (χ2n) is 12.5. The molecule has 0 aliphatic heterocycles. The molecule has 0 fully saturated rings. The van der Waals surface area contributed by atoms with Crippen LogP contribution < -0.4 is 0 Å². The average molecular weight is 658 g/mol. The zero-order valence-corrected chi connectivity index (χ0v) is 27.6. The quantitative estimate of drug-likeness (QED) is 0.185. The zero-order chi connectivity index (χ0) is 33.0. The molecule has 0 amide bonds. The number of thiophene rings is 1. The van der Waals surface area contributed by atoms with Crippen molar-refractivity contribution in [1.82, 2.24) is 15.0 Å². The van der Waals surface area contributed by atoms with E-state index < -0.39 is 0 Å². The number of benzene rings is 6. The number of furan rings is 1. The molecule has 10 aromatic rings. The van der Waals surface area contributed by atoms with Crippen molar-refractivity contribution in [1.29, 1.82) is 0 Å². The highest BCUT2D eigenvalue weighted by Gasteiger charge is 2.14. The molecule has 0 radical (unpaired) electrons. The number of pyridine rings is 1. The van der Waals surface area contributed by atoms with Crippen molar-refractivity contribution in [3.8, 4) is 56.2 Å². The first-order valence-corrected chi connectivity index (χ1v) is 17.4. The molecule has 0 bridgehead atoms. The maximum absolute atomic E-state index is 6.18. The normalized spacial score (nSPS) is 11.6. The Bertz CT molecular complexity index is 2870. The van der Waals surface area contributed by atoms with Crippen LogP contribution in [0.1, 0.15) is 0 Å². The molecule has 0 spiro atoms. The summed E-state index contributed by atoms with van der Waals surface area (Å²) in [7, 11) is 0. The van der Waals surface area contributed by atoms with Gasteiger partial charge in [0.25, 0.3) is 0 Å². The molecule has 0 saturated carbocycles. The molecule has 0 atom stereocenters. The van der Waals surface area contributed by atoms with Gasteiger partial charge < -0.3 is 4.42 Å². The summed E-state index contributed by atoms with van der Waals surface area (Å²) >= 11 is 1.82. The predicted octanol–water partition coefficient (Wildman–Crippen LogP) is 12.5. The summed E-state index contributed by atoms with van der Waals surface area (Å²) in [4.78, 5) is 14.7. The van der Waals surface area contributed by atoms with E-state index in [1.807, 2.05) is 41.8 Å². The van der Waals surface area contributed by atoms with Gasteiger partial charge in [-0.2, -0.15) is 0 Å².